The lowest BCUT2D eigenvalue weighted by molar-refractivity contribution is 0.619. The largest absolute Gasteiger partial charge is 0.436 e. The average molecular weight is 885 g/mol. The second kappa shape index (κ2) is 15.5. The molecule has 0 saturated heterocycles. The minimum Gasteiger partial charge on any atom is -0.436 e. The van der Waals surface area contributed by atoms with Crippen LogP contribution < -0.4 is 0 Å². The fraction of sp³-hybridized carbons (Fsp3) is 0. The number of oxazole rings is 2. The van der Waals surface area contributed by atoms with Crippen LogP contribution in [0.2, 0.25) is 0 Å². The zero-order valence-electron chi connectivity index (χ0n) is 36.8. The summed E-state index contributed by atoms with van der Waals surface area (Å²) in [7, 11) is 0. The Morgan fingerprint density at radius 3 is 1.36 bits per heavy atom. The standard InChI is InChI=1S/C61H36N6O2/c1-2-11-45-35-47(32-29-37(45)9-1)67-52-33-31-46(36-49(52)56-48-12-4-3-10-39(48)30-34-53(56)67)38-17-19-40(20-18-38)57-64-58(41-21-25-43(26-22-41)60-62-50-13-5-7-15-54(50)68-60)66-59(65-57)42-23-27-44(28-24-42)61-63-51-14-6-8-16-55(51)69-61/h1-36H. The van der Waals surface area contributed by atoms with Gasteiger partial charge in [0.25, 0.3) is 0 Å². The van der Waals surface area contributed by atoms with Crippen molar-refractivity contribution < 1.29 is 8.83 Å². The van der Waals surface area contributed by atoms with Gasteiger partial charge in [0.15, 0.2) is 28.6 Å². The summed E-state index contributed by atoms with van der Waals surface area (Å²) >= 11 is 0. The van der Waals surface area contributed by atoms with Gasteiger partial charge in [0.2, 0.25) is 11.8 Å². The summed E-state index contributed by atoms with van der Waals surface area (Å²) in [6, 6.07) is 75.3. The lowest BCUT2D eigenvalue weighted by Gasteiger charge is -2.11. The first-order chi connectivity index (χ1) is 34.1. The van der Waals surface area contributed by atoms with Gasteiger partial charge in [0.05, 0.1) is 11.0 Å². The van der Waals surface area contributed by atoms with Crippen LogP contribution in [0.4, 0.5) is 0 Å². The Balaban J connectivity index is 0.854. The Morgan fingerprint density at radius 2 is 0.768 bits per heavy atom. The fourth-order valence-corrected chi connectivity index (χ4v) is 9.65. The number of hydrogen-bond donors (Lipinski definition) is 0. The molecule has 0 atom stereocenters. The quantitative estimate of drug-likeness (QED) is 0.157. The van der Waals surface area contributed by atoms with Crippen LogP contribution in [0.1, 0.15) is 0 Å². The van der Waals surface area contributed by atoms with Gasteiger partial charge in [0.1, 0.15) is 11.0 Å². The number of hydrogen-bond acceptors (Lipinski definition) is 7. The lowest BCUT2D eigenvalue weighted by Crippen LogP contribution is -2.00. The van der Waals surface area contributed by atoms with Crippen molar-refractivity contribution in [3.8, 4) is 73.9 Å². The van der Waals surface area contributed by atoms with Gasteiger partial charge >= 0.3 is 0 Å². The van der Waals surface area contributed by atoms with E-state index in [4.69, 9.17) is 33.8 Å². The Kier molecular flexibility index (Phi) is 8.72. The topological polar surface area (TPSA) is 95.7 Å². The van der Waals surface area contributed by atoms with Gasteiger partial charge in [-0.25, -0.2) is 24.9 Å². The van der Waals surface area contributed by atoms with Crippen molar-refractivity contribution in [3.63, 3.8) is 0 Å². The van der Waals surface area contributed by atoms with E-state index in [9.17, 15) is 0 Å². The van der Waals surface area contributed by atoms with E-state index in [0.29, 0.717) is 29.3 Å². The van der Waals surface area contributed by atoms with Gasteiger partial charge in [-0.05, 0) is 112 Å². The average Bonchev–Trinajstić information content (AvgIpc) is 4.15. The number of para-hydroxylation sites is 4. The highest BCUT2D eigenvalue weighted by atomic mass is 16.4. The predicted molar refractivity (Wildman–Crippen MR) is 277 cm³/mol. The number of fused-ring (bicyclic) bond motifs is 8. The molecule has 0 fully saturated rings. The minimum atomic E-state index is 0.548. The summed E-state index contributed by atoms with van der Waals surface area (Å²) in [5.74, 6) is 2.77. The predicted octanol–water partition coefficient (Wildman–Crippen LogP) is 15.6. The highest BCUT2D eigenvalue weighted by Crippen LogP contribution is 2.40. The number of nitrogens with zero attached hydrogens (tertiary/aromatic N) is 6. The van der Waals surface area contributed by atoms with Crippen molar-refractivity contribution >= 4 is 65.6 Å². The minimum absolute atomic E-state index is 0.548. The molecule has 0 saturated carbocycles. The lowest BCUT2D eigenvalue weighted by atomic mass is 9.99. The Morgan fingerprint density at radius 1 is 0.304 bits per heavy atom. The van der Waals surface area contributed by atoms with E-state index >= 15 is 0 Å². The maximum Gasteiger partial charge on any atom is 0.227 e. The van der Waals surface area contributed by atoms with Crippen molar-refractivity contribution in [2.45, 2.75) is 0 Å². The van der Waals surface area contributed by atoms with Crippen LogP contribution in [0.3, 0.4) is 0 Å². The summed E-state index contributed by atoms with van der Waals surface area (Å²) in [6.07, 6.45) is 0. The molecule has 8 nitrogen and oxygen atoms in total. The third-order valence-corrected chi connectivity index (χ3v) is 13.1. The van der Waals surface area contributed by atoms with Crippen molar-refractivity contribution in [2.24, 2.45) is 0 Å². The van der Waals surface area contributed by atoms with E-state index in [1.54, 1.807) is 0 Å². The molecule has 0 aliphatic rings. The molecule has 0 aliphatic carbocycles. The molecule has 69 heavy (non-hydrogen) atoms. The highest BCUT2D eigenvalue weighted by molar-refractivity contribution is 6.22. The summed E-state index contributed by atoms with van der Waals surface area (Å²) in [4.78, 5) is 24.6. The van der Waals surface area contributed by atoms with E-state index in [2.05, 4.69) is 126 Å². The molecular weight excluding hydrogens is 849 g/mol. The highest BCUT2D eigenvalue weighted by Gasteiger charge is 2.19. The maximum atomic E-state index is 6.08. The zero-order valence-corrected chi connectivity index (χ0v) is 36.8. The van der Waals surface area contributed by atoms with Crippen LogP contribution in [0, 0.1) is 0 Å². The van der Waals surface area contributed by atoms with Gasteiger partial charge in [0, 0.05) is 44.3 Å². The molecule has 14 rings (SSSR count). The molecule has 10 aromatic carbocycles. The molecule has 322 valence electrons. The monoisotopic (exact) mass is 884 g/mol. The third-order valence-electron chi connectivity index (χ3n) is 13.1. The van der Waals surface area contributed by atoms with Gasteiger partial charge in [-0.2, -0.15) is 0 Å². The maximum absolute atomic E-state index is 6.08. The Hall–Kier alpha value is -9.53. The van der Waals surface area contributed by atoms with E-state index in [1.807, 2.05) is 97.1 Å². The summed E-state index contributed by atoms with van der Waals surface area (Å²) in [5, 5.41) is 7.32. The summed E-state index contributed by atoms with van der Waals surface area (Å²) in [5.41, 5.74) is 13.1. The van der Waals surface area contributed by atoms with Crippen molar-refractivity contribution in [1.82, 2.24) is 29.5 Å². The smallest absolute Gasteiger partial charge is 0.227 e. The third kappa shape index (κ3) is 6.65. The van der Waals surface area contributed by atoms with Gasteiger partial charge < -0.3 is 13.4 Å². The number of rotatable bonds is 7. The first kappa shape index (κ1) is 38.7. The summed E-state index contributed by atoms with van der Waals surface area (Å²) in [6.45, 7) is 0. The fourth-order valence-electron chi connectivity index (χ4n) is 9.65. The molecule has 0 aliphatic heterocycles. The van der Waals surface area contributed by atoms with Crippen LogP contribution in [0.25, 0.3) is 139 Å². The first-order valence-corrected chi connectivity index (χ1v) is 22.9. The van der Waals surface area contributed by atoms with Crippen molar-refractivity contribution in [3.05, 3.63) is 218 Å². The number of benzene rings is 10. The summed E-state index contributed by atoms with van der Waals surface area (Å²) < 4.78 is 14.6. The molecular formula is C61H36N6O2. The molecule has 8 heteroatoms. The van der Waals surface area contributed by atoms with E-state index < -0.39 is 0 Å². The molecule has 0 radical (unpaired) electrons. The Bertz CT molecular complexity index is 4100. The van der Waals surface area contributed by atoms with E-state index in [-0.39, 0.29) is 0 Å². The van der Waals surface area contributed by atoms with Crippen LogP contribution in [0.15, 0.2) is 227 Å². The van der Waals surface area contributed by atoms with Gasteiger partial charge in [-0.3, -0.25) is 0 Å². The van der Waals surface area contributed by atoms with Crippen LogP contribution in [-0.2, 0) is 0 Å². The molecule has 4 heterocycles. The second-order valence-electron chi connectivity index (χ2n) is 17.3. The molecule has 0 amide bonds. The van der Waals surface area contributed by atoms with E-state index in [1.165, 1.54) is 37.8 Å². The number of aromatic nitrogens is 6. The van der Waals surface area contributed by atoms with Crippen molar-refractivity contribution in [1.29, 1.82) is 0 Å². The molecule has 0 spiro atoms. The molecule has 4 aromatic heterocycles. The van der Waals surface area contributed by atoms with Crippen molar-refractivity contribution in [2.75, 3.05) is 0 Å². The van der Waals surface area contributed by atoms with Gasteiger partial charge in [-0.1, -0.05) is 140 Å². The zero-order chi connectivity index (χ0) is 45.4. The first-order valence-electron chi connectivity index (χ1n) is 22.9. The molecule has 0 bridgehead atoms. The van der Waals surface area contributed by atoms with Gasteiger partial charge in [-0.15, -0.1) is 0 Å². The van der Waals surface area contributed by atoms with Crippen LogP contribution >= 0.6 is 0 Å². The second-order valence-corrected chi connectivity index (χ2v) is 17.3. The molecule has 0 N–H and O–H groups in total. The van der Waals surface area contributed by atoms with Crippen LogP contribution in [0.5, 0.6) is 0 Å². The normalized spacial score (nSPS) is 11.8. The molecule has 0 unspecified atom stereocenters. The SMILES string of the molecule is c1ccc2cc(-n3c4ccc(-c5ccc(-c6nc(-c7ccc(-c8nc9ccccc9o8)cc7)nc(-c7ccc(-c8nc9ccccc9o8)cc7)n6)cc5)cc4c4c5ccccc5ccc43)ccc2c1. The molecule has 14 aromatic rings. The van der Waals surface area contributed by atoms with E-state index in [0.717, 1.165) is 72.3 Å². The Labute approximate surface area is 394 Å². The van der Waals surface area contributed by atoms with Crippen LogP contribution in [-0.4, -0.2) is 29.5 Å².